The van der Waals surface area contributed by atoms with E-state index in [1.807, 2.05) is 37.5 Å². The van der Waals surface area contributed by atoms with Crippen molar-refractivity contribution in [2.24, 2.45) is 5.84 Å². The molecule has 1 aromatic carbocycles. The zero-order chi connectivity index (χ0) is 13.8. The first-order valence-electron chi connectivity index (χ1n) is 5.88. The molecule has 2 rings (SSSR count). The number of ether oxygens (including phenoxy) is 1. The first-order chi connectivity index (χ1) is 9.10. The van der Waals surface area contributed by atoms with E-state index in [0.29, 0.717) is 11.3 Å². The molecule has 0 aliphatic heterocycles. The minimum Gasteiger partial charge on any atom is -0.485 e. The van der Waals surface area contributed by atoms with Crippen LogP contribution >= 0.6 is 0 Å². The topological polar surface area (TPSA) is 77.5 Å². The van der Waals surface area contributed by atoms with Crippen LogP contribution in [0.4, 0.5) is 0 Å². The van der Waals surface area contributed by atoms with Crippen LogP contribution in [0.1, 0.15) is 27.2 Å². The number of amides is 1. The number of aryl methyl sites for hydroxylation is 2. The largest absolute Gasteiger partial charge is 0.485 e. The Labute approximate surface area is 111 Å². The molecule has 1 aromatic heterocycles. The van der Waals surface area contributed by atoms with E-state index in [2.05, 4.69) is 0 Å². The van der Waals surface area contributed by atoms with Gasteiger partial charge in [-0.3, -0.25) is 10.2 Å². The molecule has 0 fully saturated rings. The van der Waals surface area contributed by atoms with Gasteiger partial charge in [0.25, 0.3) is 5.91 Å². The quantitative estimate of drug-likeness (QED) is 0.501. The molecule has 2 aromatic rings. The first-order valence-corrected chi connectivity index (χ1v) is 5.88. The van der Waals surface area contributed by atoms with Gasteiger partial charge in [-0.05, 0) is 37.1 Å². The third-order valence-corrected chi connectivity index (χ3v) is 2.76. The van der Waals surface area contributed by atoms with Gasteiger partial charge in [0.15, 0.2) is 0 Å². The molecule has 0 unspecified atom stereocenters. The molecule has 1 amide bonds. The summed E-state index contributed by atoms with van der Waals surface area (Å²) in [6, 6.07) is 7.60. The molecule has 5 heteroatoms. The highest BCUT2D eigenvalue weighted by Gasteiger charge is 2.09. The minimum absolute atomic E-state index is 0.266. The van der Waals surface area contributed by atoms with Crippen LogP contribution in [0.3, 0.4) is 0 Å². The minimum atomic E-state index is -0.387. The van der Waals surface area contributed by atoms with Gasteiger partial charge in [0.2, 0.25) is 0 Å². The van der Waals surface area contributed by atoms with E-state index in [-0.39, 0.29) is 12.5 Å². The van der Waals surface area contributed by atoms with E-state index in [4.69, 9.17) is 15.0 Å². The van der Waals surface area contributed by atoms with Gasteiger partial charge in [0.1, 0.15) is 24.4 Å². The molecule has 100 valence electrons. The van der Waals surface area contributed by atoms with Gasteiger partial charge < -0.3 is 9.15 Å². The predicted molar refractivity (Wildman–Crippen MR) is 70.6 cm³/mol. The predicted octanol–water partition coefficient (Wildman–Crippen LogP) is 2.08. The van der Waals surface area contributed by atoms with Crippen molar-refractivity contribution in [1.82, 2.24) is 5.43 Å². The zero-order valence-electron chi connectivity index (χ0n) is 10.9. The Bertz CT molecular complexity index is 590. The van der Waals surface area contributed by atoms with Gasteiger partial charge in [-0.2, -0.15) is 0 Å². The fraction of sp³-hybridized carbons (Fsp3) is 0.214. The van der Waals surface area contributed by atoms with Crippen LogP contribution in [0.5, 0.6) is 5.75 Å². The Kier molecular flexibility index (Phi) is 3.87. The third kappa shape index (κ3) is 3.14. The Hall–Kier alpha value is -2.27. The van der Waals surface area contributed by atoms with Gasteiger partial charge in [-0.15, -0.1) is 0 Å². The summed E-state index contributed by atoms with van der Waals surface area (Å²) in [6.45, 7) is 4.25. The van der Waals surface area contributed by atoms with Crippen molar-refractivity contribution in [3.05, 3.63) is 53.0 Å². The van der Waals surface area contributed by atoms with Crippen molar-refractivity contribution in [3.8, 4) is 5.75 Å². The molecule has 0 saturated heterocycles. The fourth-order valence-corrected chi connectivity index (χ4v) is 1.67. The van der Waals surface area contributed by atoms with Crippen LogP contribution in [0, 0.1) is 13.8 Å². The lowest BCUT2D eigenvalue weighted by molar-refractivity contribution is 0.0953. The zero-order valence-corrected chi connectivity index (χ0v) is 10.9. The molecule has 0 radical (unpaired) electrons. The van der Waals surface area contributed by atoms with E-state index in [1.54, 1.807) is 6.07 Å². The molecule has 19 heavy (non-hydrogen) atoms. The monoisotopic (exact) mass is 260 g/mol. The van der Waals surface area contributed by atoms with E-state index in [9.17, 15) is 4.79 Å². The molecule has 0 aliphatic rings. The molecule has 1 heterocycles. The maximum atomic E-state index is 11.3. The second-order valence-corrected chi connectivity index (χ2v) is 4.33. The van der Waals surface area contributed by atoms with Crippen molar-refractivity contribution < 1.29 is 13.9 Å². The number of carbonyl (C=O) groups excluding carboxylic acids is 1. The van der Waals surface area contributed by atoms with Crippen molar-refractivity contribution in [3.63, 3.8) is 0 Å². The molecule has 0 bridgehead atoms. The number of hydrogen-bond acceptors (Lipinski definition) is 4. The summed E-state index contributed by atoms with van der Waals surface area (Å²) in [7, 11) is 0. The van der Waals surface area contributed by atoms with Crippen LogP contribution in [0.2, 0.25) is 0 Å². The lowest BCUT2D eigenvalue weighted by Gasteiger charge is -2.08. The summed E-state index contributed by atoms with van der Waals surface area (Å²) in [4.78, 5) is 11.3. The highest BCUT2D eigenvalue weighted by atomic mass is 16.5. The molecule has 3 N–H and O–H groups in total. The Morgan fingerprint density at radius 2 is 2.16 bits per heavy atom. The maximum absolute atomic E-state index is 11.3. The number of carbonyl (C=O) groups is 1. The number of hydrogen-bond donors (Lipinski definition) is 2. The lowest BCUT2D eigenvalue weighted by atomic mass is 10.1. The highest BCUT2D eigenvalue weighted by Crippen LogP contribution is 2.20. The standard InChI is InChI=1S/C14H16N2O3/c1-9-3-4-10(2)13(5-9)19-8-12-6-11(7-18-12)14(17)16-15/h3-7H,8,15H2,1-2H3,(H,16,17). The van der Waals surface area contributed by atoms with Crippen LogP contribution in [0.15, 0.2) is 34.9 Å². The van der Waals surface area contributed by atoms with Crippen LogP contribution in [-0.2, 0) is 6.61 Å². The lowest BCUT2D eigenvalue weighted by Crippen LogP contribution is -2.29. The van der Waals surface area contributed by atoms with E-state index in [0.717, 1.165) is 16.9 Å². The molecule has 0 aliphatic carbocycles. The number of hydrazine groups is 1. The number of nitrogens with one attached hydrogen (secondary N) is 1. The smallest absolute Gasteiger partial charge is 0.268 e. The van der Waals surface area contributed by atoms with Gasteiger partial charge in [-0.1, -0.05) is 12.1 Å². The summed E-state index contributed by atoms with van der Waals surface area (Å²) in [6.07, 6.45) is 1.35. The summed E-state index contributed by atoms with van der Waals surface area (Å²) >= 11 is 0. The maximum Gasteiger partial charge on any atom is 0.268 e. The van der Waals surface area contributed by atoms with Crippen molar-refractivity contribution >= 4 is 5.91 Å². The number of nitrogen functional groups attached to an aromatic ring is 1. The summed E-state index contributed by atoms with van der Waals surface area (Å²) in [5, 5.41) is 0. The third-order valence-electron chi connectivity index (χ3n) is 2.76. The summed E-state index contributed by atoms with van der Waals surface area (Å²) in [5.74, 6) is 6.03. The second-order valence-electron chi connectivity index (χ2n) is 4.33. The van der Waals surface area contributed by atoms with Crippen LogP contribution < -0.4 is 16.0 Å². The van der Waals surface area contributed by atoms with Gasteiger partial charge in [0, 0.05) is 0 Å². The molecule has 5 nitrogen and oxygen atoms in total. The molecule has 0 spiro atoms. The molecular weight excluding hydrogens is 244 g/mol. The second kappa shape index (κ2) is 5.58. The average Bonchev–Trinajstić information content (AvgIpc) is 2.88. The normalized spacial score (nSPS) is 10.3. The molecule has 0 atom stereocenters. The summed E-state index contributed by atoms with van der Waals surface area (Å²) in [5.41, 5.74) is 4.60. The first kappa shape index (κ1) is 13.2. The van der Waals surface area contributed by atoms with Crippen molar-refractivity contribution in [2.45, 2.75) is 20.5 Å². The number of furan rings is 1. The SMILES string of the molecule is Cc1ccc(C)c(OCc2cc(C(=O)NN)co2)c1. The van der Waals surface area contributed by atoms with E-state index in [1.165, 1.54) is 6.26 Å². The van der Waals surface area contributed by atoms with E-state index >= 15 is 0 Å². The molecular formula is C14H16N2O3. The van der Waals surface area contributed by atoms with Crippen molar-refractivity contribution in [2.75, 3.05) is 0 Å². The van der Waals surface area contributed by atoms with Gasteiger partial charge >= 0.3 is 0 Å². The molecule has 0 saturated carbocycles. The number of benzene rings is 1. The van der Waals surface area contributed by atoms with Crippen LogP contribution in [0.25, 0.3) is 0 Å². The van der Waals surface area contributed by atoms with Gasteiger partial charge in [0.05, 0.1) is 5.56 Å². The Balaban J connectivity index is 2.04. The Morgan fingerprint density at radius 3 is 2.89 bits per heavy atom. The number of nitrogens with two attached hydrogens (primary N) is 1. The number of rotatable bonds is 4. The van der Waals surface area contributed by atoms with Crippen molar-refractivity contribution in [1.29, 1.82) is 0 Å². The highest BCUT2D eigenvalue weighted by molar-refractivity contribution is 5.93. The Morgan fingerprint density at radius 1 is 1.37 bits per heavy atom. The van der Waals surface area contributed by atoms with E-state index < -0.39 is 0 Å². The average molecular weight is 260 g/mol. The fourth-order valence-electron chi connectivity index (χ4n) is 1.67. The van der Waals surface area contributed by atoms with Crippen LogP contribution in [-0.4, -0.2) is 5.91 Å². The van der Waals surface area contributed by atoms with Gasteiger partial charge in [-0.25, -0.2) is 5.84 Å². The summed E-state index contributed by atoms with van der Waals surface area (Å²) < 4.78 is 10.9.